The van der Waals surface area contributed by atoms with Crippen molar-refractivity contribution < 1.29 is 5.11 Å². The molecule has 1 aliphatic carbocycles. The number of hydrogen-bond acceptors (Lipinski definition) is 3. The minimum Gasteiger partial charge on any atom is -0.388 e. The van der Waals surface area contributed by atoms with Gasteiger partial charge in [0.1, 0.15) is 0 Å². The number of nitrogens with two attached hydrogens (primary N) is 1. The Morgan fingerprint density at radius 2 is 2.18 bits per heavy atom. The highest BCUT2D eigenvalue weighted by atomic mass is 16.3. The van der Waals surface area contributed by atoms with Crippen molar-refractivity contribution in [2.24, 2.45) is 17.1 Å². The minimum absolute atomic E-state index is 0.0116. The van der Waals surface area contributed by atoms with Gasteiger partial charge in [0.15, 0.2) is 0 Å². The second-order valence-corrected chi connectivity index (χ2v) is 6.37. The number of hydrogen-bond donors (Lipinski definition) is 2. The Bertz CT molecular complexity index is 271. The fourth-order valence-corrected chi connectivity index (χ4v) is 4.06. The standard InChI is InChI=1S/C14H28N2O/c1-3-12-5-7-13(9-12,10-15)14(17)6-4-8-16(2)11-14/h12,17H,3-11,15H2,1-2H3. The molecule has 17 heavy (non-hydrogen) atoms. The lowest BCUT2D eigenvalue weighted by Crippen LogP contribution is -2.59. The normalized spacial score (nSPS) is 44.1. The summed E-state index contributed by atoms with van der Waals surface area (Å²) in [6.45, 7) is 4.82. The van der Waals surface area contributed by atoms with Crippen LogP contribution < -0.4 is 5.73 Å². The number of nitrogens with zero attached hydrogens (tertiary/aromatic N) is 1. The highest BCUT2D eigenvalue weighted by molar-refractivity contribution is 5.06. The maximum atomic E-state index is 11.1. The molecule has 1 aliphatic heterocycles. The van der Waals surface area contributed by atoms with Gasteiger partial charge in [-0.2, -0.15) is 0 Å². The second kappa shape index (κ2) is 4.87. The van der Waals surface area contributed by atoms with Crippen LogP contribution in [0.1, 0.15) is 45.4 Å². The van der Waals surface area contributed by atoms with Crippen LogP contribution in [-0.4, -0.2) is 42.3 Å². The van der Waals surface area contributed by atoms with Crippen LogP contribution in [0.4, 0.5) is 0 Å². The molecule has 3 unspecified atom stereocenters. The molecular weight excluding hydrogens is 212 g/mol. The summed E-state index contributed by atoms with van der Waals surface area (Å²) in [4.78, 5) is 2.26. The van der Waals surface area contributed by atoms with E-state index in [1.807, 2.05) is 0 Å². The van der Waals surface area contributed by atoms with Crippen LogP contribution in [0.25, 0.3) is 0 Å². The number of aliphatic hydroxyl groups is 1. The second-order valence-electron chi connectivity index (χ2n) is 6.37. The van der Waals surface area contributed by atoms with Crippen molar-refractivity contribution >= 4 is 0 Å². The Labute approximate surface area is 105 Å². The van der Waals surface area contributed by atoms with Crippen LogP contribution >= 0.6 is 0 Å². The Balaban J connectivity index is 2.16. The molecule has 2 rings (SSSR count). The monoisotopic (exact) mass is 240 g/mol. The average Bonchev–Trinajstić information content (AvgIpc) is 2.74. The van der Waals surface area contributed by atoms with Crippen LogP contribution in [0.15, 0.2) is 0 Å². The largest absolute Gasteiger partial charge is 0.388 e. The summed E-state index contributed by atoms with van der Waals surface area (Å²) in [6, 6.07) is 0. The van der Waals surface area contributed by atoms with E-state index in [0.717, 1.165) is 44.7 Å². The highest BCUT2D eigenvalue weighted by Crippen LogP contribution is 2.51. The van der Waals surface area contributed by atoms with Crippen LogP contribution in [0.5, 0.6) is 0 Å². The average molecular weight is 240 g/mol. The number of likely N-dealkylation sites (tertiary alicyclic amines) is 1. The third-order valence-electron chi connectivity index (χ3n) is 5.33. The molecule has 0 spiro atoms. The molecule has 100 valence electrons. The summed E-state index contributed by atoms with van der Waals surface area (Å²) < 4.78 is 0. The van der Waals surface area contributed by atoms with Crippen molar-refractivity contribution in [2.45, 2.75) is 51.0 Å². The van der Waals surface area contributed by atoms with Gasteiger partial charge in [-0.15, -0.1) is 0 Å². The van der Waals surface area contributed by atoms with Gasteiger partial charge in [-0.1, -0.05) is 13.3 Å². The van der Waals surface area contributed by atoms with Crippen LogP contribution in [0.3, 0.4) is 0 Å². The number of rotatable bonds is 3. The van der Waals surface area contributed by atoms with Crippen LogP contribution in [0.2, 0.25) is 0 Å². The first-order valence-electron chi connectivity index (χ1n) is 7.16. The van der Waals surface area contributed by atoms with Crippen molar-refractivity contribution in [1.82, 2.24) is 4.90 Å². The molecule has 3 atom stereocenters. The van der Waals surface area contributed by atoms with Crippen molar-refractivity contribution in [2.75, 3.05) is 26.7 Å². The fraction of sp³-hybridized carbons (Fsp3) is 1.00. The van der Waals surface area contributed by atoms with E-state index in [9.17, 15) is 5.11 Å². The Morgan fingerprint density at radius 3 is 2.71 bits per heavy atom. The maximum Gasteiger partial charge on any atom is 0.0842 e. The summed E-state index contributed by atoms with van der Waals surface area (Å²) in [5, 5.41) is 11.1. The van der Waals surface area contributed by atoms with E-state index in [2.05, 4.69) is 18.9 Å². The first kappa shape index (κ1) is 13.3. The van der Waals surface area contributed by atoms with Gasteiger partial charge in [0, 0.05) is 18.5 Å². The molecule has 0 radical (unpaired) electrons. The van der Waals surface area contributed by atoms with E-state index in [1.54, 1.807) is 0 Å². The first-order chi connectivity index (χ1) is 8.05. The third-order valence-corrected chi connectivity index (χ3v) is 5.33. The zero-order chi connectivity index (χ0) is 12.5. The van der Waals surface area contributed by atoms with Gasteiger partial charge in [0.25, 0.3) is 0 Å². The zero-order valence-corrected chi connectivity index (χ0v) is 11.4. The predicted molar refractivity (Wildman–Crippen MR) is 70.8 cm³/mol. The molecule has 1 heterocycles. The van der Waals surface area contributed by atoms with E-state index < -0.39 is 5.60 Å². The number of β-amino-alcohol motifs (C(OH)–C–C–N with tert-alkyl or cyclic N) is 1. The highest BCUT2D eigenvalue weighted by Gasteiger charge is 2.53. The molecule has 0 aromatic heterocycles. The molecule has 3 heteroatoms. The molecule has 0 aromatic rings. The quantitative estimate of drug-likeness (QED) is 0.788. The zero-order valence-electron chi connectivity index (χ0n) is 11.4. The van der Waals surface area contributed by atoms with Gasteiger partial charge in [-0.05, 0) is 51.6 Å². The van der Waals surface area contributed by atoms with Gasteiger partial charge in [-0.25, -0.2) is 0 Å². The lowest BCUT2D eigenvalue weighted by atomic mass is 9.66. The van der Waals surface area contributed by atoms with Gasteiger partial charge in [0.2, 0.25) is 0 Å². The van der Waals surface area contributed by atoms with E-state index in [0.29, 0.717) is 6.54 Å². The van der Waals surface area contributed by atoms with Gasteiger partial charge in [-0.3, -0.25) is 0 Å². The maximum absolute atomic E-state index is 11.1. The lowest BCUT2D eigenvalue weighted by molar-refractivity contribution is -0.118. The summed E-state index contributed by atoms with van der Waals surface area (Å²) in [6.07, 6.45) is 6.76. The summed E-state index contributed by atoms with van der Waals surface area (Å²) >= 11 is 0. The summed E-state index contributed by atoms with van der Waals surface area (Å²) in [7, 11) is 2.11. The molecule has 2 aliphatic rings. The van der Waals surface area contributed by atoms with Crippen molar-refractivity contribution in [3.8, 4) is 0 Å². The van der Waals surface area contributed by atoms with Gasteiger partial charge in [0.05, 0.1) is 5.60 Å². The van der Waals surface area contributed by atoms with Crippen LogP contribution in [-0.2, 0) is 0 Å². The van der Waals surface area contributed by atoms with Crippen LogP contribution in [0, 0.1) is 11.3 Å². The Morgan fingerprint density at radius 1 is 1.41 bits per heavy atom. The molecule has 0 bridgehead atoms. The SMILES string of the molecule is CCC1CCC(CN)(C2(O)CCCN(C)C2)C1. The minimum atomic E-state index is -0.543. The third kappa shape index (κ3) is 2.25. The molecule has 1 saturated carbocycles. The topological polar surface area (TPSA) is 49.5 Å². The van der Waals surface area contributed by atoms with Gasteiger partial charge < -0.3 is 15.7 Å². The molecule has 3 N–H and O–H groups in total. The molecule has 2 fully saturated rings. The first-order valence-corrected chi connectivity index (χ1v) is 7.16. The van der Waals surface area contributed by atoms with Crippen molar-refractivity contribution in [1.29, 1.82) is 0 Å². The Hall–Kier alpha value is -0.120. The fourth-order valence-electron chi connectivity index (χ4n) is 4.06. The molecule has 0 aromatic carbocycles. The summed E-state index contributed by atoms with van der Waals surface area (Å²) in [5.74, 6) is 0.773. The molecular formula is C14H28N2O. The van der Waals surface area contributed by atoms with E-state index in [-0.39, 0.29) is 5.41 Å². The predicted octanol–water partition coefficient (Wildman–Crippen LogP) is 1.60. The lowest BCUT2D eigenvalue weighted by Gasteiger charge is -2.49. The van der Waals surface area contributed by atoms with Crippen molar-refractivity contribution in [3.63, 3.8) is 0 Å². The number of piperidine rings is 1. The number of likely N-dealkylation sites (N-methyl/N-ethyl adjacent to an activating group) is 1. The molecule has 3 nitrogen and oxygen atoms in total. The Kier molecular flexibility index (Phi) is 3.81. The smallest absolute Gasteiger partial charge is 0.0842 e. The summed E-state index contributed by atoms with van der Waals surface area (Å²) in [5.41, 5.74) is 5.51. The molecule has 1 saturated heterocycles. The van der Waals surface area contributed by atoms with E-state index >= 15 is 0 Å². The van der Waals surface area contributed by atoms with Crippen molar-refractivity contribution in [3.05, 3.63) is 0 Å². The van der Waals surface area contributed by atoms with Gasteiger partial charge >= 0.3 is 0 Å². The van der Waals surface area contributed by atoms with E-state index in [4.69, 9.17) is 5.73 Å². The van der Waals surface area contributed by atoms with E-state index in [1.165, 1.54) is 12.8 Å². The molecule has 0 amide bonds.